The molecule has 17 heavy (non-hydrogen) atoms. The highest BCUT2D eigenvalue weighted by molar-refractivity contribution is 5.54. The second-order valence-corrected chi connectivity index (χ2v) is 4.24. The number of aromatic nitrogens is 2. The van der Waals surface area contributed by atoms with Gasteiger partial charge in [-0.25, -0.2) is 0 Å². The monoisotopic (exact) mass is 226 g/mol. The molecule has 0 atom stereocenters. The van der Waals surface area contributed by atoms with E-state index in [1.165, 1.54) is 11.1 Å². The molecule has 0 saturated carbocycles. The summed E-state index contributed by atoms with van der Waals surface area (Å²) in [4.78, 5) is 2.23. The Hall–Kier alpha value is -2.10. The fraction of sp³-hybridized carbons (Fsp3) is 0.231. The molecule has 0 bridgehead atoms. The summed E-state index contributed by atoms with van der Waals surface area (Å²) in [5, 5.41) is 8.06. The van der Waals surface area contributed by atoms with Crippen molar-refractivity contribution in [3.8, 4) is 0 Å². The highest BCUT2D eigenvalue weighted by Crippen LogP contribution is 2.26. The molecule has 4 heteroatoms. The molecule has 0 unspecified atom stereocenters. The maximum atomic E-state index is 5.98. The van der Waals surface area contributed by atoms with Gasteiger partial charge < -0.3 is 10.6 Å². The van der Waals surface area contributed by atoms with Gasteiger partial charge in [0.25, 0.3) is 0 Å². The summed E-state index contributed by atoms with van der Waals surface area (Å²) in [6.45, 7) is 1.80. The molecule has 1 aromatic heterocycles. The first kappa shape index (κ1) is 10.1. The van der Waals surface area contributed by atoms with E-state index in [-0.39, 0.29) is 0 Å². The third kappa shape index (κ3) is 1.82. The topological polar surface area (TPSA) is 55.0 Å². The van der Waals surface area contributed by atoms with Crippen molar-refractivity contribution in [1.29, 1.82) is 0 Å². The van der Waals surface area contributed by atoms with Crippen LogP contribution in [-0.2, 0) is 13.0 Å². The summed E-state index contributed by atoms with van der Waals surface area (Å²) in [6, 6.07) is 10.0. The van der Waals surface area contributed by atoms with Gasteiger partial charge in [0.05, 0.1) is 0 Å². The number of anilines is 2. The van der Waals surface area contributed by atoms with Gasteiger partial charge in [0.15, 0.2) is 5.82 Å². The number of hydrogen-bond acceptors (Lipinski definition) is 4. The molecule has 1 aliphatic rings. The van der Waals surface area contributed by atoms with Crippen LogP contribution in [-0.4, -0.2) is 16.7 Å². The largest absolute Gasteiger partial charge is 0.398 e. The van der Waals surface area contributed by atoms with Crippen molar-refractivity contribution in [3.05, 3.63) is 47.7 Å². The maximum absolute atomic E-state index is 5.98. The number of nitrogens with zero attached hydrogens (tertiary/aromatic N) is 3. The van der Waals surface area contributed by atoms with Crippen molar-refractivity contribution in [1.82, 2.24) is 10.2 Å². The molecule has 0 saturated heterocycles. The second-order valence-electron chi connectivity index (χ2n) is 4.24. The Morgan fingerprint density at radius 1 is 1.18 bits per heavy atom. The molecule has 2 aromatic rings. The van der Waals surface area contributed by atoms with Gasteiger partial charge in [0.1, 0.15) is 0 Å². The van der Waals surface area contributed by atoms with Gasteiger partial charge in [-0.05, 0) is 35.7 Å². The first-order chi connectivity index (χ1) is 8.34. The molecule has 3 rings (SSSR count). The van der Waals surface area contributed by atoms with Gasteiger partial charge in [-0.1, -0.05) is 12.1 Å². The number of benzene rings is 1. The van der Waals surface area contributed by atoms with Gasteiger partial charge in [-0.3, -0.25) is 0 Å². The number of hydrogen-bond donors (Lipinski definition) is 1. The van der Waals surface area contributed by atoms with Crippen molar-refractivity contribution in [3.63, 3.8) is 0 Å². The van der Waals surface area contributed by atoms with E-state index >= 15 is 0 Å². The maximum Gasteiger partial charge on any atom is 0.151 e. The van der Waals surface area contributed by atoms with Crippen LogP contribution in [0.1, 0.15) is 11.1 Å². The van der Waals surface area contributed by atoms with E-state index in [1.54, 1.807) is 6.20 Å². The Bertz CT molecular complexity index is 524. The Morgan fingerprint density at radius 3 is 2.94 bits per heavy atom. The summed E-state index contributed by atoms with van der Waals surface area (Å²) in [7, 11) is 0. The van der Waals surface area contributed by atoms with Crippen molar-refractivity contribution in [2.24, 2.45) is 0 Å². The molecule has 0 aliphatic carbocycles. The Morgan fingerprint density at radius 2 is 2.12 bits per heavy atom. The Labute approximate surface area is 100 Å². The zero-order valence-electron chi connectivity index (χ0n) is 9.50. The molecule has 0 fully saturated rings. The lowest BCUT2D eigenvalue weighted by Crippen LogP contribution is -2.31. The number of rotatable bonds is 1. The van der Waals surface area contributed by atoms with E-state index in [2.05, 4.69) is 21.2 Å². The van der Waals surface area contributed by atoms with Crippen molar-refractivity contribution in [2.75, 3.05) is 17.2 Å². The molecule has 1 aromatic carbocycles. The molecular weight excluding hydrogens is 212 g/mol. The quantitative estimate of drug-likeness (QED) is 0.751. The second kappa shape index (κ2) is 4.05. The highest BCUT2D eigenvalue weighted by atomic mass is 15.3. The minimum atomic E-state index is 0.860. The van der Waals surface area contributed by atoms with E-state index in [0.29, 0.717) is 0 Å². The number of nitrogens with two attached hydrogens (primary N) is 1. The fourth-order valence-corrected chi connectivity index (χ4v) is 2.30. The lowest BCUT2D eigenvalue weighted by atomic mass is 9.98. The third-order valence-corrected chi connectivity index (χ3v) is 3.18. The van der Waals surface area contributed by atoms with Crippen molar-refractivity contribution >= 4 is 11.5 Å². The van der Waals surface area contributed by atoms with Crippen LogP contribution in [0.25, 0.3) is 0 Å². The molecule has 86 valence electrons. The lowest BCUT2D eigenvalue weighted by molar-refractivity contribution is 0.714. The van der Waals surface area contributed by atoms with Crippen molar-refractivity contribution in [2.45, 2.75) is 13.0 Å². The van der Waals surface area contributed by atoms with Gasteiger partial charge >= 0.3 is 0 Å². The predicted molar refractivity (Wildman–Crippen MR) is 67.6 cm³/mol. The molecule has 0 amide bonds. The van der Waals surface area contributed by atoms with Crippen LogP contribution >= 0.6 is 0 Å². The van der Waals surface area contributed by atoms with Gasteiger partial charge in [-0.2, -0.15) is 5.10 Å². The average molecular weight is 226 g/mol. The molecule has 2 N–H and O–H groups in total. The fourth-order valence-electron chi connectivity index (χ4n) is 2.30. The smallest absolute Gasteiger partial charge is 0.151 e. The van der Waals surface area contributed by atoms with Crippen LogP contribution in [0.15, 0.2) is 36.5 Å². The average Bonchev–Trinajstić information content (AvgIpc) is 2.40. The summed E-state index contributed by atoms with van der Waals surface area (Å²) >= 11 is 0. The van der Waals surface area contributed by atoms with Gasteiger partial charge in [-0.15, -0.1) is 5.10 Å². The number of nitrogen functional groups attached to an aromatic ring is 1. The van der Waals surface area contributed by atoms with E-state index in [1.807, 2.05) is 24.3 Å². The first-order valence-corrected chi connectivity index (χ1v) is 5.73. The molecule has 1 aliphatic heterocycles. The van der Waals surface area contributed by atoms with E-state index in [0.717, 1.165) is 31.0 Å². The van der Waals surface area contributed by atoms with E-state index in [4.69, 9.17) is 5.73 Å². The highest BCUT2D eigenvalue weighted by Gasteiger charge is 2.18. The van der Waals surface area contributed by atoms with E-state index < -0.39 is 0 Å². The molecule has 0 radical (unpaired) electrons. The molecule has 2 heterocycles. The lowest BCUT2D eigenvalue weighted by Gasteiger charge is -2.29. The summed E-state index contributed by atoms with van der Waals surface area (Å²) < 4.78 is 0. The van der Waals surface area contributed by atoms with Crippen molar-refractivity contribution < 1.29 is 0 Å². The normalized spacial score (nSPS) is 14.5. The van der Waals surface area contributed by atoms with Crippen LogP contribution in [0.4, 0.5) is 11.5 Å². The van der Waals surface area contributed by atoms with Crippen LogP contribution in [0, 0.1) is 0 Å². The van der Waals surface area contributed by atoms with Gasteiger partial charge in [0, 0.05) is 25.0 Å². The standard InChI is InChI=1S/C13H14N4/c14-12-4-1-3-10-9-17(8-6-11(10)12)13-5-2-7-15-16-13/h1-5,7H,6,8-9,14H2. The summed E-state index contributed by atoms with van der Waals surface area (Å²) in [6.07, 6.45) is 2.66. The summed E-state index contributed by atoms with van der Waals surface area (Å²) in [5.74, 6) is 0.931. The zero-order valence-corrected chi connectivity index (χ0v) is 9.50. The van der Waals surface area contributed by atoms with Crippen LogP contribution in [0.2, 0.25) is 0 Å². The SMILES string of the molecule is Nc1cccc2c1CCN(c1cccnn1)C2. The van der Waals surface area contributed by atoms with Crippen LogP contribution in [0.5, 0.6) is 0 Å². The number of fused-ring (bicyclic) bond motifs is 1. The van der Waals surface area contributed by atoms with E-state index in [9.17, 15) is 0 Å². The zero-order chi connectivity index (χ0) is 11.7. The predicted octanol–water partition coefficient (Wildman–Crippen LogP) is 1.62. The Kier molecular flexibility index (Phi) is 2.40. The van der Waals surface area contributed by atoms with Gasteiger partial charge in [0.2, 0.25) is 0 Å². The first-order valence-electron chi connectivity index (χ1n) is 5.73. The molecular formula is C13H14N4. The minimum absolute atomic E-state index is 0.860. The van der Waals surface area contributed by atoms with Crippen LogP contribution in [0.3, 0.4) is 0 Å². The minimum Gasteiger partial charge on any atom is -0.398 e. The van der Waals surface area contributed by atoms with Crippen LogP contribution < -0.4 is 10.6 Å². The third-order valence-electron chi connectivity index (χ3n) is 3.18. The molecule has 0 spiro atoms. The Balaban J connectivity index is 1.91. The molecule has 4 nitrogen and oxygen atoms in total. The summed E-state index contributed by atoms with van der Waals surface area (Å²) in [5.41, 5.74) is 9.46.